The van der Waals surface area contributed by atoms with Crippen LogP contribution in [0.4, 0.5) is 0 Å². The van der Waals surface area contributed by atoms with Crippen molar-refractivity contribution in [1.82, 2.24) is 4.90 Å². The topological polar surface area (TPSA) is 23.5 Å². The van der Waals surface area contributed by atoms with Crippen molar-refractivity contribution in [2.75, 3.05) is 13.2 Å². The molecule has 1 aliphatic heterocycles. The van der Waals surface area contributed by atoms with E-state index < -0.39 is 0 Å². The number of rotatable bonds is 5. The average molecular weight is 345 g/mol. The molecule has 1 heterocycles. The first-order valence-electron chi connectivity index (χ1n) is 6.39. The van der Waals surface area contributed by atoms with Crippen LogP contribution in [0.25, 0.3) is 0 Å². The molecule has 94 valence electrons. The second kappa shape index (κ2) is 6.71. The molecule has 0 saturated carbocycles. The average Bonchev–Trinajstić information content (AvgIpc) is 2.77. The van der Waals surface area contributed by atoms with Gasteiger partial charge in [0.1, 0.15) is 0 Å². The van der Waals surface area contributed by atoms with Crippen molar-refractivity contribution in [2.24, 2.45) is 0 Å². The smallest absolute Gasteiger partial charge is 0.0431 e. The summed E-state index contributed by atoms with van der Waals surface area (Å²) in [6.07, 6.45) is 4.68. The van der Waals surface area contributed by atoms with Gasteiger partial charge < -0.3 is 5.11 Å². The summed E-state index contributed by atoms with van der Waals surface area (Å²) in [6, 6.07) is 9.48. The summed E-state index contributed by atoms with van der Waals surface area (Å²) in [5.74, 6) is 0. The minimum atomic E-state index is 0.327. The number of hydrogen-bond donors (Lipinski definition) is 1. The van der Waals surface area contributed by atoms with E-state index in [1.807, 2.05) is 0 Å². The molecule has 0 aromatic heterocycles. The molecule has 1 fully saturated rings. The summed E-state index contributed by atoms with van der Waals surface area (Å²) in [5.41, 5.74) is 1.40. The van der Waals surface area contributed by atoms with Crippen LogP contribution in [0.2, 0.25) is 0 Å². The summed E-state index contributed by atoms with van der Waals surface area (Å²) in [6.45, 7) is 2.60. The molecule has 0 bridgehead atoms. The van der Waals surface area contributed by atoms with Crippen molar-refractivity contribution in [3.05, 3.63) is 33.4 Å². The van der Waals surface area contributed by atoms with Crippen LogP contribution in [0, 0.1) is 3.57 Å². The first-order valence-corrected chi connectivity index (χ1v) is 7.47. The van der Waals surface area contributed by atoms with Crippen LogP contribution in [-0.2, 0) is 6.54 Å². The van der Waals surface area contributed by atoms with Crippen molar-refractivity contribution in [3.8, 4) is 0 Å². The summed E-state index contributed by atoms with van der Waals surface area (Å²) in [4.78, 5) is 2.57. The monoisotopic (exact) mass is 345 g/mol. The number of likely N-dealkylation sites (tertiary alicyclic amines) is 1. The Labute approximate surface area is 117 Å². The molecule has 0 spiro atoms. The first-order chi connectivity index (χ1) is 8.29. The Balaban J connectivity index is 1.90. The third kappa shape index (κ3) is 3.93. The lowest BCUT2D eigenvalue weighted by atomic mass is 10.1. The van der Waals surface area contributed by atoms with Crippen LogP contribution >= 0.6 is 22.6 Å². The summed E-state index contributed by atoms with van der Waals surface area (Å²) in [7, 11) is 0. The number of aliphatic hydroxyl groups is 1. The minimum absolute atomic E-state index is 0.327. The minimum Gasteiger partial charge on any atom is -0.396 e. The highest BCUT2D eigenvalue weighted by Gasteiger charge is 2.23. The predicted molar refractivity (Wildman–Crippen MR) is 78.9 cm³/mol. The van der Waals surface area contributed by atoms with Crippen molar-refractivity contribution < 1.29 is 5.11 Å². The maximum Gasteiger partial charge on any atom is 0.0431 e. The fourth-order valence-electron chi connectivity index (χ4n) is 2.58. The third-order valence-corrected chi connectivity index (χ3v) is 4.21. The number of aliphatic hydroxyl groups excluding tert-OH is 1. The fourth-order valence-corrected chi connectivity index (χ4v) is 2.94. The molecular formula is C14H20INO. The number of nitrogens with zero attached hydrogens (tertiary/aromatic N) is 1. The Morgan fingerprint density at radius 3 is 2.76 bits per heavy atom. The van der Waals surface area contributed by atoms with Gasteiger partial charge in [-0.3, -0.25) is 4.90 Å². The lowest BCUT2D eigenvalue weighted by Gasteiger charge is -2.24. The molecular weight excluding hydrogens is 325 g/mol. The highest BCUT2D eigenvalue weighted by Crippen LogP contribution is 2.23. The van der Waals surface area contributed by atoms with E-state index in [9.17, 15) is 0 Å². The van der Waals surface area contributed by atoms with Gasteiger partial charge in [0.05, 0.1) is 0 Å². The quantitative estimate of drug-likeness (QED) is 0.830. The van der Waals surface area contributed by atoms with Crippen LogP contribution in [0.3, 0.4) is 0 Å². The zero-order valence-electron chi connectivity index (χ0n) is 10.1. The van der Waals surface area contributed by atoms with E-state index >= 15 is 0 Å². The second-order valence-electron chi connectivity index (χ2n) is 4.76. The molecule has 3 heteroatoms. The van der Waals surface area contributed by atoms with Gasteiger partial charge in [-0.25, -0.2) is 0 Å². The van der Waals surface area contributed by atoms with Crippen molar-refractivity contribution in [3.63, 3.8) is 0 Å². The second-order valence-corrected chi connectivity index (χ2v) is 6.00. The lowest BCUT2D eigenvalue weighted by Crippen LogP contribution is -2.29. The van der Waals surface area contributed by atoms with Gasteiger partial charge in [-0.2, -0.15) is 0 Å². The van der Waals surface area contributed by atoms with E-state index in [-0.39, 0.29) is 0 Å². The van der Waals surface area contributed by atoms with Crippen molar-refractivity contribution in [2.45, 2.75) is 38.3 Å². The molecule has 1 unspecified atom stereocenters. The lowest BCUT2D eigenvalue weighted by molar-refractivity contribution is 0.210. The van der Waals surface area contributed by atoms with Gasteiger partial charge in [-0.15, -0.1) is 0 Å². The maximum absolute atomic E-state index is 8.91. The highest BCUT2D eigenvalue weighted by molar-refractivity contribution is 14.1. The summed E-state index contributed by atoms with van der Waals surface area (Å²) in [5, 5.41) is 8.91. The molecule has 0 amide bonds. The normalized spacial score (nSPS) is 20.9. The van der Waals surface area contributed by atoms with E-state index in [0.29, 0.717) is 12.6 Å². The summed E-state index contributed by atoms with van der Waals surface area (Å²) < 4.78 is 1.30. The maximum atomic E-state index is 8.91. The predicted octanol–water partition coefficient (Wildman–Crippen LogP) is 3.03. The SMILES string of the molecule is OCCCC1CCCN1Cc1ccc(I)cc1. The Morgan fingerprint density at radius 2 is 2.06 bits per heavy atom. The van der Waals surface area contributed by atoms with E-state index in [4.69, 9.17) is 5.11 Å². The largest absolute Gasteiger partial charge is 0.396 e. The molecule has 0 aliphatic carbocycles. The van der Waals surface area contributed by atoms with Gasteiger partial charge in [0.25, 0.3) is 0 Å². The zero-order valence-corrected chi connectivity index (χ0v) is 12.3. The van der Waals surface area contributed by atoms with Gasteiger partial charge in [0.2, 0.25) is 0 Å². The molecule has 1 N–H and O–H groups in total. The molecule has 1 saturated heterocycles. The first kappa shape index (κ1) is 13.3. The highest BCUT2D eigenvalue weighted by atomic mass is 127. The van der Waals surface area contributed by atoms with Crippen LogP contribution < -0.4 is 0 Å². The van der Waals surface area contributed by atoms with E-state index in [1.165, 1.54) is 28.5 Å². The van der Waals surface area contributed by atoms with Crippen molar-refractivity contribution in [1.29, 1.82) is 0 Å². The zero-order chi connectivity index (χ0) is 12.1. The van der Waals surface area contributed by atoms with Crippen LogP contribution in [-0.4, -0.2) is 29.2 Å². The van der Waals surface area contributed by atoms with Crippen LogP contribution in [0.1, 0.15) is 31.2 Å². The Hall–Kier alpha value is -0.130. The molecule has 1 aromatic carbocycles. The van der Waals surface area contributed by atoms with Crippen LogP contribution in [0.15, 0.2) is 24.3 Å². The van der Waals surface area contributed by atoms with Gasteiger partial charge >= 0.3 is 0 Å². The number of benzene rings is 1. The Morgan fingerprint density at radius 1 is 1.29 bits per heavy atom. The van der Waals surface area contributed by atoms with E-state index in [1.54, 1.807) is 0 Å². The van der Waals surface area contributed by atoms with Crippen molar-refractivity contribution >= 4 is 22.6 Å². The molecule has 1 aliphatic rings. The Kier molecular flexibility index (Phi) is 5.25. The number of halogens is 1. The third-order valence-electron chi connectivity index (χ3n) is 3.49. The standard InChI is InChI=1S/C14H20INO/c15-13-7-5-12(6-8-13)11-16-9-1-3-14(16)4-2-10-17/h5-8,14,17H,1-4,9-11H2. The van der Waals surface area contributed by atoms with Gasteiger partial charge in [0, 0.05) is 22.8 Å². The molecule has 2 rings (SSSR count). The van der Waals surface area contributed by atoms with Gasteiger partial charge in [0.15, 0.2) is 0 Å². The van der Waals surface area contributed by atoms with E-state index in [0.717, 1.165) is 19.4 Å². The van der Waals surface area contributed by atoms with Gasteiger partial charge in [-0.05, 0) is 72.5 Å². The molecule has 1 atom stereocenters. The molecule has 0 radical (unpaired) electrons. The van der Waals surface area contributed by atoms with Crippen LogP contribution in [0.5, 0.6) is 0 Å². The Bertz CT molecular complexity index is 339. The van der Waals surface area contributed by atoms with Gasteiger partial charge in [-0.1, -0.05) is 12.1 Å². The molecule has 17 heavy (non-hydrogen) atoms. The fraction of sp³-hybridized carbons (Fsp3) is 0.571. The number of hydrogen-bond acceptors (Lipinski definition) is 2. The molecule has 2 nitrogen and oxygen atoms in total. The molecule has 1 aromatic rings. The van der Waals surface area contributed by atoms with E-state index in [2.05, 4.69) is 51.8 Å². The summed E-state index contributed by atoms with van der Waals surface area (Å²) >= 11 is 2.34.